The second-order valence-electron chi connectivity index (χ2n) is 3.85. The molecule has 2 rings (SSSR count). The summed E-state index contributed by atoms with van der Waals surface area (Å²) in [5.41, 5.74) is 5.12. The van der Waals surface area contributed by atoms with Crippen LogP contribution in [-0.2, 0) is 0 Å². The van der Waals surface area contributed by atoms with Gasteiger partial charge in [0.2, 0.25) is 0 Å². The Hall–Kier alpha value is -2.15. The first-order valence-electron chi connectivity index (χ1n) is 5.33. The molecular weight excluding hydrogens is 291 g/mol. The Kier molecular flexibility index (Phi) is 3.89. The van der Waals surface area contributed by atoms with Crippen molar-refractivity contribution in [3.63, 3.8) is 0 Å². The van der Waals surface area contributed by atoms with E-state index in [0.29, 0.717) is 4.90 Å². The number of anilines is 1. The van der Waals surface area contributed by atoms with Crippen molar-refractivity contribution in [3.8, 4) is 0 Å². The zero-order valence-electron chi connectivity index (χ0n) is 9.86. The fourth-order valence-electron chi connectivity index (χ4n) is 1.49. The molecule has 0 fully saturated rings. The topological polar surface area (TPSA) is 63.3 Å². The molecule has 3 N–H and O–H groups in total. The summed E-state index contributed by atoms with van der Waals surface area (Å²) in [7, 11) is 0. The van der Waals surface area contributed by atoms with Gasteiger partial charge in [0.15, 0.2) is 11.6 Å². The van der Waals surface area contributed by atoms with Crippen LogP contribution in [0, 0.1) is 17.5 Å². The summed E-state index contributed by atoms with van der Waals surface area (Å²) in [5.74, 6) is -4.40. The van der Waals surface area contributed by atoms with E-state index >= 15 is 0 Å². The van der Waals surface area contributed by atoms with Gasteiger partial charge in [0.05, 0.1) is 5.56 Å². The highest BCUT2D eigenvalue weighted by molar-refractivity contribution is 7.99. The predicted molar refractivity (Wildman–Crippen MR) is 68.3 cm³/mol. The molecule has 0 unspecified atom stereocenters. The summed E-state index contributed by atoms with van der Waals surface area (Å²) in [4.78, 5) is 11.3. The molecule has 2 aromatic carbocycles. The number of nitrogen functional groups attached to an aromatic ring is 1. The average molecular weight is 299 g/mol. The van der Waals surface area contributed by atoms with Gasteiger partial charge in [-0.15, -0.1) is 0 Å². The van der Waals surface area contributed by atoms with Crippen LogP contribution in [0.4, 0.5) is 18.9 Å². The molecule has 0 aliphatic heterocycles. The van der Waals surface area contributed by atoms with E-state index in [-0.39, 0.29) is 10.6 Å². The third kappa shape index (κ3) is 2.88. The quantitative estimate of drug-likeness (QED) is 0.851. The minimum atomic E-state index is -1.43. The van der Waals surface area contributed by atoms with Crippen LogP contribution in [0.15, 0.2) is 40.1 Å². The SMILES string of the molecule is Nc1cc(C(=O)O)c(F)cc1Sc1ccc(F)c(F)c1. The lowest BCUT2D eigenvalue weighted by Gasteiger charge is -2.08. The summed E-state index contributed by atoms with van der Waals surface area (Å²) in [6.07, 6.45) is 0. The zero-order valence-corrected chi connectivity index (χ0v) is 10.7. The highest BCUT2D eigenvalue weighted by Gasteiger charge is 2.15. The molecule has 7 heteroatoms. The lowest BCUT2D eigenvalue weighted by atomic mass is 10.2. The van der Waals surface area contributed by atoms with E-state index in [1.165, 1.54) is 6.07 Å². The summed E-state index contributed by atoms with van der Waals surface area (Å²) in [6, 6.07) is 5.13. The van der Waals surface area contributed by atoms with Crippen molar-refractivity contribution in [2.75, 3.05) is 5.73 Å². The Morgan fingerprint density at radius 3 is 2.35 bits per heavy atom. The van der Waals surface area contributed by atoms with Crippen LogP contribution >= 0.6 is 11.8 Å². The summed E-state index contributed by atoms with van der Waals surface area (Å²) < 4.78 is 39.4. The van der Waals surface area contributed by atoms with Gasteiger partial charge in [-0.1, -0.05) is 11.8 Å². The number of carboxylic acids is 1. The number of rotatable bonds is 3. The van der Waals surface area contributed by atoms with E-state index in [9.17, 15) is 18.0 Å². The van der Waals surface area contributed by atoms with E-state index in [2.05, 4.69) is 0 Å². The molecule has 0 aliphatic carbocycles. The number of aromatic carboxylic acids is 1. The van der Waals surface area contributed by atoms with Crippen molar-refractivity contribution in [1.82, 2.24) is 0 Å². The number of nitrogens with two attached hydrogens (primary N) is 1. The van der Waals surface area contributed by atoms with Gasteiger partial charge in [-0.3, -0.25) is 0 Å². The third-order valence-electron chi connectivity index (χ3n) is 2.45. The zero-order chi connectivity index (χ0) is 14.9. The number of carbonyl (C=O) groups is 1. The lowest BCUT2D eigenvalue weighted by molar-refractivity contribution is 0.0692. The first-order valence-corrected chi connectivity index (χ1v) is 6.15. The van der Waals surface area contributed by atoms with E-state index in [1.54, 1.807) is 0 Å². The van der Waals surface area contributed by atoms with Gasteiger partial charge in [-0.25, -0.2) is 18.0 Å². The van der Waals surface area contributed by atoms with Gasteiger partial charge in [0.25, 0.3) is 0 Å². The summed E-state index contributed by atoms with van der Waals surface area (Å²) >= 11 is 0.907. The van der Waals surface area contributed by atoms with Crippen LogP contribution in [0.5, 0.6) is 0 Å². The molecule has 0 aliphatic rings. The Morgan fingerprint density at radius 1 is 1.05 bits per heavy atom. The third-order valence-corrected chi connectivity index (χ3v) is 3.51. The molecule has 0 amide bonds. The minimum Gasteiger partial charge on any atom is -0.478 e. The van der Waals surface area contributed by atoms with Crippen LogP contribution in [0.1, 0.15) is 10.4 Å². The van der Waals surface area contributed by atoms with E-state index in [4.69, 9.17) is 10.8 Å². The van der Waals surface area contributed by atoms with Gasteiger partial charge in [0, 0.05) is 15.5 Å². The Morgan fingerprint density at radius 2 is 1.75 bits per heavy atom. The molecule has 0 spiro atoms. The van der Waals surface area contributed by atoms with E-state index < -0.39 is 29.0 Å². The molecule has 0 radical (unpaired) electrons. The van der Waals surface area contributed by atoms with Gasteiger partial charge in [-0.2, -0.15) is 0 Å². The largest absolute Gasteiger partial charge is 0.478 e. The first kappa shape index (κ1) is 14.3. The molecule has 3 nitrogen and oxygen atoms in total. The van der Waals surface area contributed by atoms with Crippen molar-refractivity contribution >= 4 is 23.4 Å². The maximum Gasteiger partial charge on any atom is 0.338 e. The second kappa shape index (κ2) is 5.46. The number of hydrogen-bond acceptors (Lipinski definition) is 3. The van der Waals surface area contributed by atoms with Crippen LogP contribution in [-0.4, -0.2) is 11.1 Å². The van der Waals surface area contributed by atoms with Crippen LogP contribution < -0.4 is 5.73 Å². The van der Waals surface area contributed by atoms with Crippen molar-refractivity contribution < 1.29 is 23.1 Å². The monoisotopic (exact) mass is 299 g/mol. The number of carboxylic acid groups (broad SMARTS) is 1. The predicted octanol–water partition coefficient (Wildman–Crippen LogP) is 3.54. The molecule has 0 bridgehead atoms. The highest BCUT2D eigenvalue weighted by Crippen LogP contribution is 2.34. The minimum absolute atomic E-state index is 0.0403. The van der Waals surface area contributed by atoms with Crippen molar-refractivity contribution in [2.45, 2.75) is 9.79 Å². The fraction of sp³-hybridized carbons (Fsp3) is 0. The fourth-order valence-corrected chi connectivity index (χ4v) is 2.38. The Balaban J connectivity index is 2.36. The van der Waals surface area contributed by atoms with Crippen LogP contribution in [0.25, 0.3) is 0 Å². The van der Waals surface area contributed by atoms with Crippen LogP contribution in [0.2, 0.25) is 0 Å². The van der Waals surface area contributed by atoms with E-state index in [1.807, 2.05) is 0 Å². The summed E-state index contributed by atoms with van der Waals surface area (Å²) in [5, 5.41) is 8.74. The van der Waals surface area contributed by atoms with Crippen molar-refractivity contribution in [1.29, 1.82) is 0 Å². The normalized spacial score (nSPS) is 10.6. The maximum atomic E-state index is 13.5. The molecule has 20 heavy (non-hydrogen) atoms. The van der Waals surface area contributed by atoms with Crippen molar-refractivity contribution in [3.05, 3.63) is 53.3 Å². The molecular formula is C13H8F3NO2S. The van der Waals surface area contributed by atoms with Crippen molar-refractivity contribution in [2.24, 2.45) is 0 Å². The van der Waals surface area contributed by atoms with Crippen LogP contribution in [0.3, 0.4) is 0 Å². The Labute approximate surface area is 116 Å². The Bertz CT molecular complexity index is 692. The summed E-state index contributed by atoms with van der Waals surface area (Å²) in [6.45, 7) is 0. The molecule has 0 saturated carbocycles. The average Bonchev–Trinajstić information content (AvgIpc) is 2.37. The first-order chi connectivity index (χ1) is 9.38. The molecule has 0 saturated heterocycles. The van der Waals surface area contributed by atoms with E-state index in [0.717, 1.165) is 36.0 Å². The second-order valence-corrected chi connectivity index (χ2v) is 4.97. The number of halogens is 3. The number of hydrogen-bond donors (Lipinski definition) is 2. The lowest BCUT2D eigenvalue weighted by Crippen LogP contribution is -2.03. The smallest absolute Gasteiger partial charge is 0.338 e. The van der Waals surface area contributed by atoms with Gasteiger partial charge < -0.3 is 10.8 Å². The van der Waals surface area contributed by atoms with Gasteiger partial charge >= 0.3 is 5.97 Å². The number of benzene rings is 2. The standard InChI is InChI=1S/C13H8F3NO2S/c14-8-2-1-6(3-10(8)16)20-12-5-9(15)7(13(18)19)4-11(12)17/h1-5H,17H2,(H,18,19). The highest BCUT2D eigenvalue weighted by atomic mass is 32.2. The van der Waals surface area contributed by atoms with Gasteiger partial charge in [-0.05, 0) is 30.3 Å². The molecule has 0 atom stereocenters. The molecule has 2 aromatic rings. The molecule has 0 aromatic heterocycles. The molecule has 104 valence electrons. The maximum absolute atomic E-state index is 13.5. The molecule has 0 heterocycles. The van der Waals surface area contributed by atoms with Gasteiger partial charge in [0.1, 0.15) is 5.82 Å².